The highest BCUT2D eigenvalue weighted by Gasteiger charge is 2.25. The maximum atomic E-state index is 12.0. The molecule has 1 atom stereocenters. The van der Waals surface area contributed by atoms with Gasteiger partial charge in [0, 0.05) is 18.5 Å². The van der Waals surface area contributed by atoms with Gasteiger partial charge < -0.3 is 15.8 Å². The monoisotopic (exact) mass is 328 g/mol. The molecule has 22 heavy (non-hydrogen) atoms. The van der Waals surface area contributed by atoms with E-state index in [9.17, 15) is 4.79 Å². The highest BCUT2D eigenvalue weighted by atomic mass is 35.5. The zero-order chi connectivity index (χ0) is 15.7. The van der Waals surface area contributed by atoms with Crippen LogP contribution in [0, 0.1) is 5.92 Å². The fourth-order valence-corrected chi connectivity index (χ4v) is 2.42. The van der Waals surface area contributed by atoms with Crippen LogP contribution in [0.4, 0.5) is 0 Å². The van der Waals surface area contributed by atoms with Gasteiger partial charge in [0.2, 0.25) is 5.91 Å². The number of ether oxygens (including phenoxy) is 1. The Labute approximate surface area is 140 Å². The summed E-state index contributed by atoms with van der Waals surface area (Å²) in [4.78, 5) is 12.0. The Morgan fingerprint density at radius 2 is 1.95 bits per heavy atom. The first kappa shape index (κ1) is 20.7. The molecule has 0 fully saturated rings. The van der Waals surface area contributed by atoms with E-state index in [1.54, 1.807) is 0 Å². The van der Waals surface area contributed by atoms with Gasteiger partial charge in [0.1, 0.15) is 5.75 Å². The SMILES string of the molecule is CC(C)CC(C)(CN)NC(=O)CCCOc1ccccc1.Cl. The summed E-state index contributed by atoms with van der Waals surface area (Å²) in [6.45, 7) is 7.27. The fourth-order valence-electron chi connectivity index (χ4n) is 2.42. The Kier molecular flexibility index (Phi) is 9.86. The summed E-state index contributed by atoms with van der Waals surface area (Å²) in [5.74, 6) is 1.38. The van der Waals surface area contributed by atoms with Crippen LogP contribution in [-0.4, -0.2) is 24.6 Å². The molecule has 0 aromatic heterocycles. The van der Waals surface area contributed by atoms with Crippen LogP contribution in [0.15, 0.2) is 30.3 Å². The summed E-state index contributed by atoms with van der Waals surface area (Å²) in [6, 6.07) is 9.63. The molecule has 0 saturated carbocycles. The third kappa shape index (κ3) is 8.25. The van der Waals surface area contributed by atoms with Crippen molar-refractivity contribution in [2.24, 2.45) is 11.7 Å². The highest BCUT2D eigenvalue weighted by Crippen LogP contribution is 2.15. The van der Waals surface area contributed by atoms with Gasteiger partial charge in [0.25, 0.3) is 0 Å². The van der Waals surface area contributed by atoms with Crippen molar-refractivity contribution in [1.82, 2.24) is 5.32 Å². The number of carbonyl (C=O) groups is 1. The molecule has 0 saturated heterocycles. The number of halogens is 1. The van der Waals surface area contributed by atoms with Gasteiger partial charge in [-0.3, -0.25) is 4.79 Å². The molecule has 0 aliphatic heterocycles. The van der Waals surface area contributed by atoms with E-state index in [0.29, 0.717) is 31.9 Å². The second kappa shape index (κ2) is 10.5. The number of carbonyl (C=O) groups excluding carboxylic acids is 1. The van der Waals surface area contributed by atoms with Crippen molar-refractivity contribution in [2.75, 3.05) is 13.2 Å². The van der Waals surface area contributed by atoms with Crippen LogP contribution in [0.5, 0.6) is 5.75 Å². The number of amides is 1. The quantitative estimate of drug-likeness (QED) is 0.684. The molecule has 1 aromatic rings. The summed E-state index contributed by atoms with van der Waals surface area (Å²) in [5.41, 5.74) is 5.48. The van der Waals surface area contributed by atoms with Gasteiger partial charge in [-0.2, -0.15) is 0 Å². The summed E-state index contributed by atoms with van der Waals surface area (Å²) in [6.07, 6.45) is 2.04. The average Bonchev–Trinajstić information content (AvgIpc) is 2.44. The number of nitrogens with two attached hydrogens (primary N) is 1. The van der Waals surface area contributed by atoms with Crippen LogP contribution in [0.3, 0.4) is 0 Å². The molecule has 3 N–H and O–H groups in total. The second-order valence-corrected chi connectivity index (χ2v) is 6.18. The maximum Gasteiger partial charge on any atom is 0.220 e. The minimum absolute atomic E-state index is 0. The molecular weight excluding hydrogens is 300 g/mol. The second-order valence-electron chi connectivity index (χ2n) is 6.18. The van der Waals surface area contributed by atoms with E-state index < -0.39 is 0 Å². The van der Waals surface area contributed by atoms with Gasteiger partial charge in [-0.1, -0.05) is 32.0 Å². The van der Waals surface area contributed by atoms with Crippen molar-refractivity contribution in [3.8, 4) is 5.75 Å². The van der Waals surface area contributed by atoms with Crippen LogP contribution in [-0.2, 0) is 4.79 Å². The van der Waals surface area contributed by atoms with Crippen LogP contribution in [0.25, 0.3) is 0 Å². The van der Waals surface area contributed by atoms with Gasteiger partial charge in [-0.15, -0.1) is 12.4 Å². The first-order valence-corrected chi connectivity index (χ1v) is 7.64. The molecular formula is C17H29ClN2O2. The highest BCUT2D eigenvalue weighted by molar-refractivity contribution is 5.85. The lowest BCUT2D eigenvalue weighted by atomic mass is 9.90. The Morgan fingerprint density at radius 3 is 2.50 bits per heavy atom. The Balaban J connectivity index is 0.00000441. The van der Waals surface area contributed by atoms with E-state index in [1.165, 1.54) is 0 Å². The standard InChI is InChI=1S/C17H28N2O2.ClH/c1-14(2)12-17(3,13-18)19-16(20)10-7-11-21-15-8-5-4-6-9-15;/h4-6,8-9,14H,7,10-13,18H2,1-3H3,(H,19,20);1H. The van der Waals surface area contributed by atoms with Crippen molar-refractivity contribution in [3.63, 3.8) is 0 Å². The molecule has 0 radical (unpaired) electrons. The van der Waals surface area contributed by atoms with Gasteiger partial charge in [-0.25, -0.2) is 0 Å². The lowest BCUT2D eigenvalue weighted by Crippen LogP contribution is -2.52. The smallest absolute Gasteiger partial charge is 0.220 e. The van der Waals surface area contributed by atoms with Gasteiger partial charge in [-0.05, 0) is 37.8 Å². The molecule has 0 aliphatic rings. The van der Waals surface area contributed by atoms with Crippen LogP contribution < -0.4 is 15.8 Å². The average molecular weight is 329 g/mol. The van der Waals surface area contributed by atoms with E-state index >= 15 is 0 Å². The predicted octanol–water partition coefficient (Wildman–Crippen LogP) is 3.15. The van der Waals surface area contributed by atoms with Crippen molar-refractivity contribution < 1.29 is 9.53 Å². The topological polar surface area (TPSA) is 64.3 Å². The van der Waals surface area contributed by atoms with Crippen molar-refractivity contribution >= 4 is 18.3 Å². The number of benzene rings is 1. The van der Waals surface area contributed by atoms with E-state index in [2.05, 4.69) is 19.2 Å². The first-order valence-electron chi connectivity index (χ1n) is 7.64. The van der Waals surface area contributed by atoms with Crippen LogP contribution >= 0.6 is 12.4 Å². The Morgan fingerprint density at radius 1 is 1.32 bits per heavy atom. The predicted molar refractivity (Wildman–Crippen MR) is 93.5 cm³/mol. The number of nitrogens with one attached hydrogen (secondary N) is 1. The molecule has 0 aliphatic carbocycles. The minimum atomic E-state index is -0.314. The molecule has 1 aromatic carbocycles. The van der Waals surface area contributed by atoms with E-state index in [-0.39, 0.29) is 23.9 Å². The third-order valence-corrected chi connectivity index (χ3v) is 3.31. The zero-order valence-corrected chi connectivity index (χ0v) is 14.6. The van der Waals surface area contributed by atoms with Crippen LogP contribution in [0.1, 0.15) is 40.0 Å². The van der Waals surface area contributed by atoms with Crippen molar-refractivity contribution in [1.29, 1.82) is 0 Å². The summed E-state index contributed by atoms with van der Waals surface area (Å²) in [5, 5.41) is 3.05. The van der Waals surface area contributed by atoms with Gasteiger partial charge in [0.15, 0.2) is 0 Å². The first-order chi connectivity index (χ1) is 9.95. The number of hydrogen-bond acceptors (Lipinski definition) is 3. The molecule has 1 unspecified atom stereocenters. The summed E-state index contributed by atoms with van der Waals surface area (Å²) >= 11 is 0. The van der Waals surface area contributed by atoms with Crippen molar-refractivity contribution in [3.05, 3.63) is 30.3 Å². The van der Waals surface area contributed by atoms with E-state index in [1.807, 2.05) is 37.3 Å². The lowest BCUT2D eigenvalue weighted by molar-refractivity contribution is -0.123. The summed E-state index contributed by atoms with van der Waals surface area (Å²) < 4.78 is 5.57. The Bertz CT molecular complexity index is 426. The molecule has 4 nitrogen and oxygen atoms in total. The minimum Gasteiger partial charge on any atom is -0.494 e. The summed E-state index contributed by atoms with van der Waals surface area (Å²) in [7, 11) is 0. The molecule has 5 heteroatoms. The molecule has 0 bridgehead atoms. The number of para-hydroxylation sites is 1. The van der Waals surface area contributed by atoms with Crippen LogP contribution in [0.2, 0.25) is 0 Å². The van der Waals surface area contributed by atoms with E-state index in [0.717, 1.165) is 12.2 Å². The maximum absolute atomic E-state index is 12.0. The molecule has 0 spiro atoms. The molecule has 126 valence electrons. The molecule has 1 amide bonds. The lowest BCUT2D eigenvalue weighted by Gasteiger charge is -2.31. The molecule has 1 rings (SSSR count). The largest absolute Gasteiger partial charge is 0.494 e. The number of rotatable bonds is 9. The normalized spacial score (nSPS) is 13.1. The van der Waals surface area contributed by atoms with Gasteiger partial charge >= 0.3 is 0 Å². The zero-order valence-electron chi connectivity index (χ0n) is 13.8. The fraction of sp³-hybridized carbons (Fsp3) is 0.588. The number of hydrogen-bond donors (Lipinski definition) is 2. The molecule has 0 heterocycles. The third-order valence-electron chi connectivity index (χ3n) is 3.31. The van der Waals surface area contributed by atoms with Crippen molar-refractivity contribution in [2.45, 2.75) is 45.6 Å². The van der Waals surface area contributed by atoms with E-state index in [4.69, 9.17) is 10.5 Å². The Hall–Kier alpha value is -1.26. The van der Waals surface area contributed by atoms with Gasteiger partial charge in [0.05, 0.1) is 6.61 Å².